The van der Waals surface area contributed by atoms with Gasteiger partial charge in [0.05, 0.1) is 19.8 Å². The summed E-state index contributed by atoms with van der Waals surface area (Å²) in [5, 5.41) is 38.1. The van der Waals surface area contributed by atoms with Gasteiger partial charge in [0, 0.05) is 0 Å². The zero-order valence-corrected chi connectivity index (χ0v) is 11.5. The Kier molecular flexibility index (Phi) is 4.98. The van der Waals surface area contributed by atoms with Crippen LogP contribution in [0.15, 0.2) is 0 Å². The van der Waals surface area contributed by atoms with Gasteiger partial charge in [0.2, 0.25) is 0 Å². The number of hydrogen-bond donors (Lipinski definition) is 4. The molecular formula is C12H22O8. The van der Waals surface area contributed by atoms with Crippen LogP contribution in [0.1, 0.15) is 13.8 Å². The summed E-state index contributed by atoms with van der Waals surface area (Å²) in [6, 6.07) is 0. The van der Waals surface area contributed by atoms with Crippen LogP contribution in [0.4, 0.5) is 0 Å². The summed E-state index contributed by atoms with van der Waals surface area (Å²) in [5.41, 5.74) is 0. The van der Waals surface area contributed by atoms with Crippen LogP contribution in [-0.4, -0.2) is 82.8 Å². The Morgan fingerprint density at radius 2 is 1.85 bits per heavy atom. The second-order valence-electron chi connectivity index (χ2n) is 5.48. The van der Waals surface area contributed by atoms with Crippen LogP contribution in [0.5, 0.6) is 0 Å². The van der Waals surface area contributed by atoms with Crippen molar-refractivity contribution in [2.24, 2.45) is 0 Å². The number of hydrogen-bond acceptors (Lipinski definition) is 8. The third-order valence-electron chi connectivity index (χ3n) is 3.36. The lowest BCUT2D eigenvalue weighted by atomic mass is 9.99. The van der Waals surface area contributed by atoms with Gasteiger partial charge in [-0.15, -0.1) is 0 Å². The maximum absolute atomic E-state index is 9.78. The van der Waals surface area contributed by atoms with E-state index in [0.717, 1.165) is 0 Å². The number of ether oxygens (including phenoxy) is 4. The van der Waals surface area contributed by atoms with Crippen molar-refractivity contribution in [3.8, 4) is 0 Å². The molecule has 2 heterocycles. The predicted molar refractivity (Wildman–Crippen MR) is 64.6 cm³/mol. The van der Waals surface area contributed by atoms with Crippen LogP contribution in [0.3, 0.4) is 0 Å². The van der Waals surface area contributed by atoms with Gasteiger partial charge in [0.25, 0.3) is 0 Å². The molecule has 0 radical (unpaired) electrons. The van der Waals surface area contributed by atoms with Crippen molar-refractivity contribution < 1.29 is 39.4 Å². The van der Waals surface area contributed by atoms with Crippen LogP contribution >= 0.6 is 0 Å². The van der Waals surface area contributed by atoms with Gasteiger partial charge < -0.3 is 39.4 Å². The first kappa shape index (κ1) is 16.1. The fraction of sp³-hybridized carbons (Fsp3) is 1.00. The van der Waals surface area contributed by atoms with E-state index in [2.05, 4.69) is 0 Å². The van der Waals surface area contributed by atoms with E-state index >= 15 is 0 Å². The van der Waals surface area contributed by atoms with E-state index in [0.29, 0.717) is 6.61 Å². The molecule has 2 aliphatic rings. The molecule has 1 unspecified atom stereocenters. The molecule has 2 fully saturated rings. The van der Waals surface area contributed by atoms with Crippen molar-refractivity contribution in [3.05, 3.63) is 0 Å². The lowest BCUT2D eigenvalue weighted by Gasteiger charge is -2.39. The molecule has 2 rings (SSSR count). The summed E-state index contributed by atoms with van der Waals surface area (Å²) < 4.78 is 21.5. The summed E-state index contributed by atoms with van der Waals surface area (Å²) in [6.45, 7) is 3.53. The summed E-state index contributed by atoms with van der Waals surface area (Å²) in [7, 11) is 0. The van der Waals surface area contributed by atoms with Crippen molar-refractivity contribution in [2.75, 3.05) is 19.8 Å². The minimum absolute atomic E-state index is 0.103. The normalized spacial score (nSPS) is 44.7. The zero-order valence-electron chi connectivity index (χ0n) is 11.5. The van der Waals surface area contributed by atoms with Crippen LogP contribution in [0, 0.1) is 0 Å². The average molecular weight is 294 g/mol. The largest absolute Gasteiger partial charge is 0.394 e. The van der Waals surface area contributed by atoms with Crippen LogP contribution in [0.25, 0.3) is 0 Å². The molecule has 8 heteroatoms. The zero-order chi connectivity index (χ0) is 14.9. The fourth-order valence-corrected chi connectivity index (χ4v) is 2.25. The first-order valence-electron chi connectivity index (χ1n) is 6.58. The van der Waals surface area contributed by atoms with E-state index in [4.69, 9.17) is 24.1 Å². The molecule has 0 saturated carbocycles. The Bertz CT molecular complexity index is 321. The maximum Gasteiger partial charge on any atom is 0.186 e. The number of rotatable bonds is 4. The molecule has 8 nitrogen and oxygen atoms in total. The van der Waals surface area contributed by atoms with Crippen LogP contribution in [-0.2, 0) is 18.9 Å². The molecule has 20 heavy (non-hydrogen) atoms. The number of aliphatic hydroxyl groups is 4. The van der Waals surface area contributed by atoms with E-state index in [-0.39, 0.29) is 12.7 Å². The fourth-order valence-electron chi connectivity index (χ4n) is 2.25. The Hall–Kier alpha value is -0.320. The van der Waals surface area contributed by atoms with Crippen molar-refractivity contribution in [3.63, 3.8) is 0 Å². The molecule has 0 aromatic carbocycles. The van der Waals surface area contributed by atoms with E-state index in [9.17, 15) is 15.3 Å². The Labute approximate surface area is 116 Å². The highest BCUT2D eigenvalue weighted by Crippen LogP contribution is 2.25. The van der Waals surface area contributed by atoms with Crippen molar-refractivity contribution in [1.29, 1.82) is 0 Å². The summed E-state index contributed by atoms with van der Waals surface area (Å²) in [4.78, 5) is 0. The van der Waals surface area contributed by atoms with E-state index in [1.807, 2.05) is 0 Å². The molecule has 0 amide bonds. The quantitative estimate of drug-likeness (QED) is 0.468. The molecule has 2 aliphatic heterocycles. The average Bonchev–Trinajstić information content (AvgIpc) is 2.75. The van der Waals surface area contributed by atoms with Crippen LogP contribution < -0.4 is 0 Å². The van der Waals surface area contributed by atoms with Gasteiger partial charge in [-0.25, -0.2) is 0 Å². The van der Waals surface area contributed by atoms with E-state index < -0.39 is 43.1 Å². The minimum atomic E-state index is -1.44. The Balaban J connectivity index is 1.86. The SMILES string of the molecule is CC1(C)OCC(CO[C@H]2O[C@H](CO)[C@@H](O)[C@H](O)[C@H]2O)O1. The maximum atomic E-state index is 9.78. The molecule has 6 atom stereocenters. The van der Waals surface area contributed by atoms with Gasteiger partial charge in [-0.2, -0.15) is 0 Å². The summed E-state index contributed by atoms with van der Waals surface area (Å²) >= 11 is 0. The smallest absolute Gasteiger partial charge is 0.186 e. The molecule has 2 saturated heterocycles. The minimum Gasteiger partial charge on any atom is -0.394 e. The first-order chi connectivity index (χ1) is 9.34. The molecular weight excluding hydrogens is 272 g/mol. The van der Waals surface area contributed by atoms with Crippen molar-refractivity contribution >= 4 is 0 Å². The van der Waals surface area contributed by atoms with Gasteiger partial charge in [-0.05, 0) is 13.8 Å². The standard InChI is InChI=1S/C12H22O8/c1-12(2)18-5-6(20-12)4-17-11-10(16)9(15)8(14)7(3-13)19-11/h6-11,13-16H,3-5H2,1-2H3/t6?,7-,8-,9+,10-,11+/m1/s1. The van der Waals surface area contributed by atoms with Gasteiger partial charge in [-0.1, -0.05) is 0 Å². The Morgan fingerprint density at radius 1 is 1.15 bits per heavy atom. The molecule has 0 spiro atoms. The van der Waals surface area contributed by atoms with Gasteiger partial charge >= 0.3 is 0 Å². The highest BCUT2D eigenvalue weighted by molar-refractivity contribution is 4.89. The predicted octanol–water partition coefficient (Wildman–Crippen LogP) is -2.05. The van der Waals surface area contributed by atoms with Gasteiger partial charge in [0.1, 0.15) is 30.5 Å². The first-order valence-corrected chi connectivity index (χ1v) is 6.58. The van der Waals surface area contributed by atoms with Gasteiger partial charge in [0.15, 0.2) is 12.1 Å². The van der Waals surface area contributed by atoms with E-state index in [1.54, 1.807) is 13.8 Å². The second-order valence-corrected chi connectivity index (χ2v) is 5.48. The molecule has 4 N–H and O–H groups in total. The molecule has 0 aliphatic carbocycles. The van der Waals surface area contributed by atoms with Crippen molar-refractivity contribution in [2.45, 2.75) is 56.4 Å². The third kappa shape index (κ3) is 3.46. The second kappa shape index (κ2) is 6.20. The number of aliphatic hydroxyl groups excluding tert-OH is 4. The molecule has 118 valence electrons. The molecule has 0 aromatic rings. The van der Waals surface area contributed by atoms with E-state index in [1.165, 1.54) is 0 Å². The molecule has 0 bridgehead atoms. The lowest BCUT2D eigenvalue weighted by Crippen LogP contribution is -2.59. The van der Waals surface area contributed by atoms with Gasteiger partial charge in [-0.3, -0.25) is 0 Å². The highest BCUT2D eigenvalue weighted by Gasteiger charge is 2.44. The Morgan fingerprint density at radius 3 is 2.40 bits per heavy atom. The lowest BCUT2D eigenvalue weighted by molar-refractivity contribution is -0.305. The molecule has 0 aromatic heterocycles. The third-order valence-corrected chi connectivity index (χ3v) is 3.36. The van der Waals surface area contributed by atoms with Crippen LogP contribution in [0.2, 0.25) is 0 Å². The topological polar surface area (TPSA) is 118 Å². The highest BCUT2D eigenvalue weighted by atomic mass is 16.8. The summed E-state index contributed by atoms with van der Waals surface area (Å²) in [5.74, 6) is -0.677. The monoisotopic (exact) mass is 294 g/mol. The van der Waals surface area contributed by atoms with Crippen molar-refractivity contribution in [1.82, 2.24) is 0 Å². The summed E-state index contributed by atoms with van der Waals surface area (Å²) in [6.07, 6.45) is -6.66.